The third kappa shape index (κ3) is 5.68. The van der Waals surface area contributed by atoms with Crippen LogP contribution in [0.4, 0.5) is 10.8 Å². The Bertz CT molecular complexity index is 1680. The zero-order valence-electron chi connectivity index (χ0n) is 23.5. The number of para-hydroxylation sites is 1. The summed E-state index contributed by atoms with van der Waals surface area (Å²) in [7, 11) is -3.70. The van der Waals surface area contributed by atoms with Gasteiger partial charge in [-0.05, 0) is 79.8 Å². The Labute approximate surface area is 245 Å². The Kier molecular flexibility index (Phi) is 7.72. The molecule has 4 aromatic rings. The first kappa shape index (κ1) is 27.7. The third-order valence-electron chi connectivity index (χ3n) is 7.94. The number of aryl methyl sites for hydroxylation is 3. The molecule has 0 saturated carbocycles. The Morgan fingerprint density at radius 3 is 2.51 bits per heavy atom. The minimum atomic E-state index is -3.70. The average molecular weight is 590 g/mol. The van der Waals surface area contributed by atoms with E-state index in [9.17, 15) is 13.2 Å². The van der Waals surface area contributed by atoms with Crippen molar-refractivity contribution in [1.29, 1.82) is 0 Å². The van der Waals surface area contributed by atoms with E-state index < -0.39 is 10.0 Å². The van der Waals surface area contributed by atoms with Gasteiger partial charge in [0, 0.05) is 51.4 Å². The van der Waals surface area contributed by atoms with E-state index in [4.69, 9.17) is 4.98 Å². The predicted octanol–water partition coefficient (Wildman–Crippen LogP) is 4.61. The Morgan fingerprint density at radius 2 is 1.73 bits per heavy atom. The first-order chi connectivity index (χ1) is 19.8. The van der Waals surface area contributed by atoms with Crippen molar-refractivity contribution in [3.8, 4) is 0 Å². The zero-order chi connectivity index (χ0) is 28.6. The summed E-state index contributed by atoms with van der Waals surface area (Å²) in [6, 6.07) is 18.3. The van der Waals surface area contributed by atoms with E-state index in [2.05, 4.69) is 41.1 Å². The Morgan fingerprint density at radius 1 is 0.976 bits per heavy atom. The van der Waals surface area contributed by atoms with Crippen LogP contribution in [0.2, 0.25) is 0 Å². The molecule has 2 aliphatic rings. The average Bonchev–Trinajstić information content (AvgIpc) is 3.42. The van der Waals surface area contributed by atoms with Crippen molar-refractivity contribution in [3.63, 3.8) is 0 Å². The van der Waals surface area contributed by atoms with Gasteiger partial charge in [0.05, 0.1) is 20.8 Å². The van der Waals surface area contributed by atoms with Gasteiger partial charge in [0.25, 0.3) is 15.9 Å². The lowest BCUT2D eigenvalue weighted by Gasteiger charge is -2.34. The summed E-state index contributed by atoms with van der Waals surface area (Å²) in [5.74, 6) is -0.198. The molecule has 0 spiro atoms. The fourth-order valence-corrected chi connectivity index (χ4v) is 8.36. The van der Waals surface area contributed by atoms with Gasteiger partial charge in [-0.15, -0.1) is 0 Å². The van der Waals surface area contributed by atoms with Gasteiger partial charge < -0.3 is 10.2 Å². The Hall–Kier alpha value is -3.47. The molecule has 0 atom stereocenters. The number of carbonyl (C=O) groups excluding carboxylic acids is 1. The van der Waals surface area contributed by atoms with Crippen molar-refractivity contribution in [2.24, 2.45) is 0 Å². The van der Waals surface area contributed by atoms with Gasteiger partial charge in [-0.2, -0.15) is 0 Å². The second-order valence-corrected chi connectivity index (χ2v) is 13.7. The number of hydrogen-bond acceptors (Lipinski definition) is 7. The number of fused-ring (bicyclic) bond motifs is 2. The van der Waals surface area contributed by atoms with Crippen LogP contribution in [0, 0.1) is 13.8 Å². The predicted molar refractivity (Wildman–Crippen MR) is 166 cm³/mol. The van der Waals surface area contributed by atoms with Crippen LogP contribution >= 0.6 is 11.3 Å². The highest BCUT2D eigenvalue weighted by atomic mass is 32.2. The lowest BCUT2D eigenvalue weighted by atomic mass is 10.0. The van der Waals surface area contributed by atoms with Gasteiger partial charge in [-0.25, -0.2) is 13.4 Å². The number of rotatable bonds is 7. The molecule has 1 N–H and O–H groups in total. The number of piperazine rings is 1. The SMILES string of the molecule is Cc1cc(C)c2sc(N3CCN(CCNC(=O)c4ccc(S(=O)(=O)N5CCCc6ccccc65)cc4)CC3)nc2c1. The van der Waals surface area contributed by atoms with Crippen molar-refractivity contribution >= 4 is 48.3 Å². The van der Waals surface area contributed by atoms with Crippen LogP contribution in [0.25, 0.3) is 10.2 Å². The summed E-state index contributed by atoms with van der Waals surface area (Å²) in [6.45, 7) is 9.64. The number of amides is 1. The quantitative estimate of drug-likeness (QED) is 0.339. The molecular formula is C31H35N5O3S2. The van der Waals surface area contributed by atoms with Crippen LogP contribution in [0.3, 0.4) is 0 Å². The lowest BCUT2D eigenvalue weighted by molar-refractivity contribution is 0.0947. The molecule has 3 aromatic carbocycles. The second-order valence-electron chi connectivity index (χ2n) is 10.8. The number of benzene rings is 3. The maximum Gasteiger partial charge on any atom is 0.264 e. The van der Waals surface area contributed by atoms with Crippen molar-refractivity contribution in [2.75, 3.05) is 55.0 Å². The first-order valence-corrected chi connectivity index (χ1v) is 16.4. The number of thiazole rings is 1. The number of carbonyl (C=O) groups is 1. The number of aromatic nitrogens is 1. The van der Waals surface area contributed by atoms with E-state index in [1.807, 2.05) is 24.3 Å². The second kappa shape index (κ2) is 11.4. The molecule has 1 saturated heterocycles. The summed E-state index contributed by atoms with van der Waals surface area (Å²) < 4.78 is 29.5. The van der Waals surface area contributed by atoms with Gasteiger partial charge >= 0.3 is 0 Å². The fraction of sp³-hybridized carbons (Fsp3) is 0.355. The molecule has 1 fully saturated rings. The molecule has 0 aliphatic carbocycles. The number of hydrogen-bond donors (Lipinski definition) is 1. The molecule has 214 valence electrons. The van der Waals surface area contributed by atoms with Crippen LogP contribution in [0.15, 0.2) is 65.6 Å². The van der Waals surface area contributed by atoms with E-state index in [0.717, 1.165) is 67.5 Å². The summed E-state index contributed by atoms with van der Waals surface area (Å²) in [5.41, 5.74) is 5.84. The maximum absolute atomic E-state index is 13.4. The van der Waals surface area contributed by atoms with Crippen LogP contribution in [-0.4, -0.2) is 70.0 Å². The van der Waals surface area contributed by atoms with Crippen LogP contribution in [0.1, 0.15) is 33.5 Å². The molecule has 0 unspecified atom stereocenters. The Balaban J connectivity index is 1.00. The monoisotopic (exact) mass is 589 g/mol. The van der Waals surface area contributed by atoms with Gasteiger partial charge in [0.1, 0.15) is 0 Å². The highest BCUT2D eigenvalue weighted by Gasteiger charge is 2.29. The van der Waals surface area contributed by atoms with Crippen LogP contribution in [-0.2, 0) is 16.4 Å². The van der Waals surface area contributed by atoms with E-state index in [1.54, 1.807) is 23.5 Å². The van der Waals surface area contributed by atoms with Crippen molar-refractivity contribution in [1.82, 2.24) is 15.2 Å². The minimum Gasteiger partial charge on any atom is -0.351 e. The molecule has 1 aromatic heterocycles. The molecule has 1 amide bonds. The van der Waals surface area contributed by atoms with Crippen molar-refractivity contribution in [3.05, 3.63) is 82.9 Å². The lowest BCUT2D eigenvalue weighted by Crippen LogP contribution is -2.48. The van der Waals surface area contributed by atoms with Gasteiger partial charge in [0.15, 0.2) is 5.13 Å². The standard InChI is InChI=1S/C31H35N5O3S2/c1-22-20-23(2)29-27(21-22)33-31(40-29)35-18-16-34(17-19-35)15-13-32-30(37)25-9-11-26(12-10-25)41(38,39)36-14-5-7-24-6-3-4-8-28(24)36/h3-4,6,8-12,20-21H,5,7,13-19H2,1-2H3,(H,32,37). The molecule has 0 bridgehead atoms. The third-order valence-corrected chi connectivity index (χ3v) is 11.0. The molecule has 41 heavy (non-hydrogen) atoms. The summed E-state index contributed by atoms with van der Waals surface area (Å²) >= 11 is 1.77. The molecule has 8 nitrogen and oxygen atoms in total. The van der Waals surface area contributed by atoms with Crippen molar-refractivity contribution in [2.45, 2.75) is 31.6 Å². The smallest absolute Gasteiger partial charge is 0.264 e. The molecule has 3 heterocycles. The summed E-state index contributed by atoms with van der Waals surface area (Å²) in [5, 5.41) is 4.07. The molecule has 10 heteroatoms. The van der Waals surface area contributed by atoms with Gasteiger partial charge in [0.2, 0.25) is 0 Å². The number of sulfonamides is 1. The number of nitrogens with zero attached hydrogens (tertiary/aromatic N) is 4. The molecule has 6 rings (SSSR count). The zero-order valence-corrected chi connectivity index (χ0v) is 25.1. The van der Waals surface area contributed by atoms with Crippen molar-refractivity contribution < 1.29 is 13.2 Å². The summed E-state index contributed by atoms with van der Waals surface area (Å²) in [6.07, 6.45) is 1.66. The minimum absolute atomic E-state index is 0.196. The highest BCUT2D eigenvalue weighted by Crippen LogP contribution is 2.33. The maximum atomic E-state index is 13.4. The normalized spacial score (nSPS) is 16.1. The number of nitrogens with one attached hydrogen (secondary N) is 1. The summed E-state index contributed by atoms with van der Waals surface area (Å²) in [4.78, 5) is 22.6. The molecular weight excluding hydrogens is 555 g/mol. The van der Waals surface area contributed by atoms with Crippen LogP contribution < -0.4 is 14.5 Å². The van der Waals surface area contributed by atoms with E-state index in [0.29, 0.717) is 18.7 Å². The van der Waals surface area contributed by atoms with E-state index in [1.165, 1.54) is 32.3 Å². The topological polar surface area (TPSA) is 85.8 Å². The fourth-order valence-electron chi connectivity index (χ4n) is 5.75. The van der Waals surface area contributed by atoms with Gasteiger partial charge in [-0.3, -0.25) is 14.0 Å². The first-order valence-electron chi connectivity index (χ1n) is 14.1. The number of anilines is 2. The van der Waals surface area contributed by atoms with E-state index in [-0.39, 0.29) is 10.8 Å². The van der Waals surface area contributed by atoms with Gasteiger partial charge in [-0.1, -0.05) is 35.6 Å². The largest absolute Gasteiger partial charge is 0.351 e. The van der Waals surface area contributed by atoms with E-state index >= 15 is 0 Å². The molecule has 0 radical (unpaired) electrons. The molecule has 2 aliphatic heterocycles. The van der Waals surface area contributed by atoms with Crippen LogP contribution in [0.5, 0.6) is 0 Å². The highest BCUT2D eigenvalue weighted by molar-refractivity contribution is 7.92.